The third kappa shape index (κ3) is 5.70. The molecular formula is C24H25FN2O3S. The van der Waals surface area contributed by atoms with Crippen LogP contribution in [0.5, 0.6) is 5.75 Å². The molecule has 1 aliphatic rings. The van der Waals surface area contributed by atoms with E-state index in [2.05, 4.69) is 9.62 Å². The Morgan fingerprint density at radius 2 is 1.77 bits per heavy atom. The number of ether oxygens (including phenoxy) is 1. The van der Waals surface area contributed by atoms with Gasteiger partial charge in [-0.2, -0.15) is 0 Å². The van der Waals surface area contributed by atoms with Gasteiger partial charge in [0, 0.05) is 31.2 Å². The summed E-state index contributed by atoms with van der Waals surface area (Å²) in [5.41, 5.74) is 2.16. The number of benzene rings is 3. The molecule has 0 aromatic heterocycles. The molecule has 3 aromatic carbocycles. The van der Waals surface area contributed by atoms with E-state index < -0.39 is 15.8 Å². The van der Waals surface area contributed by atoms with E-state index >= 15 is 0 Å². The molecule has 31 heavy (non-hydrogen) atoms. The summed E-state index contributed by atoms with van der Waals surface area (Å²) in [4.78, 5) is 2.15. The van der Waals surface area contributed by atoms with Gasteiger partial charge in [-0.1, -0.05) is 54.6 Å². The van der Waals surface area contributed by atoms with Crippen LogP contribution in [0.25, 0.3) is 0 Å². The molecule has 0 amide bonds. The van der Waals surface area contributed by atoms with Gasteiger partial charge in [0.25, 0.3) is 0 Å². The molecule has 162 valence electrons. The monoisotopic (exact) mass is 440 g/mol. The van der Waals surface area contributed by atoms with E-state index in [9.17, 15) is 12.8 Å². The van der Waals surface area contributed by atoms with Gasteiger partial charge in [-0.05, 0) is 36.2 Å². The van der Waals surface area contributed by atoms with Crippen molar-refractivity contribution in [1.82, 2.24) is 9.62 Å². The highest BCUT2D eigenvalue weighted by Crippen LogP contribution is 2.24. The van der Waals surface area contributed by atoms with Crippen molar-refractivity contribution < 1.29 is 17.5 Å². The summed E-state index contributed by atoms with van der Waals surface area (Å²) in [6.45, 7) is 2.52. The van der Waals surface area contributed by atoms with Crippen LogP contribution in [0, 0.1) is 5.82 Å². The van der Waals surface area contributed by atoms with Gasteiger partial charge in [0.2, 0.25) is 10.0 Å². The van der Waals surface area contributed by atoms with Crippen molar-refractivity contribution in [2.45, 2.75) is 30.5 Å². The van der Waals surface area contributed by atoms with Crippen LogP contribution >= 0.6 is 0 Å². The Morgan fingerprint density at radius 3 is 2.58 bits per heavy atom. The Bertz CT molecular complexity index is 1120. The predicted octanol–water partition coefficient (Wildman–Crippen LogP) is 3.96. The van der Waals surface area contributed by atoms with E-state index in [1.807, 2.05) is 54.6 Å². The van der Waals surface area contributed by atoms with Crippen LogP contribution < -0.4 is 9.46 Å². The van der Waals surface area contributed by atoms with Crippen molar-refractivity contribution in [3.05, 3.63) is 95.8 Å². The Morgan fingerprint density at radius 1 is 1.00 bits per heavy atom. The molecular weight excluding hydrogens is 415 g/mol. The van der Waals surface area contributed by atoms with Gasteiger partial charge in [-0.15, -0.1) is 0 Å². The minimum atomic E-state index is -3.75. The van der Waals surface area contributed by atoms with Crippen LogP contribution in [-0.4, -0.2) is 32.4 Å². The smallest absolute Gasteiger partial charge is 0.240 e. The topological polar surface area (TPSA) is 58.6 Å². The van der Waals surface area contributed by atoms with Crippen LogP contribution in [0.4, 0.5) is 4.39 Å². The number of rotatable bonds is 8. The quantitative estimate of drug-likeness (QED) is 0.576. The number of halogens is 1. The molecule has 1 unspecified atom stereocenters. The molecule has 5 nitrogen and oxygen atoms in total. The molecule has 1 N–H and O–H groups in total. The molecule has 1 atom stereocenters. The lowest BCUT2D eigenvalue weighted by atomic mass is 10.2. The van der Waals surface area contributed by atoms with E-state index in [4.69, 9.17) is 4.74 Å². The van der Waals surface area contributed by atoms with Gasteiger partial charge in [-0.3, -0.25) is 4.90 Å². The molecule has 0 aliphatic carbocycles. The van der Waals surface area contributed by atoms with Crippen LogP contribution in [-0.2, 0) is 23.2 Å². The molecule has 1 heterocycles. The van der Waals surface area contributed by atoms with Crippen LogP contribution in [0.15, 0.2) is 83.8 Å². The highest BCUT2D eigenvalue weighted by atomic mass is 32.2. The fourth-order valence-electron chi connectivity index (χ4n) is 3.75. The SMILES string of the molecule is O=S(=O)(NC1CCN(Cc2ccccc2OCc2ccccc2)C1)c1cccc(F)c1. The summed E-state index contributed by atoms with van der Waals surface area (Å²) in [5, 5.41) is 0. The molecule has 1 aliphatic heterocycles. The molecule has 7 heteroatoms. The number of sulfonamides is 1. The van der Waals surface area contributed by atoms with E-state index in [0.717, 1.165) is 29.5 Å². The van der Waals surface area contributed by atoms with E-state index in [0.29, 0.717) is 26.1 Å². The molecule has 0 bridgehead atoms. The Labute approximate surface area is 182 Å². The lowest BCUT2D eigenvalue weighted by molar-refractivity contribution is 0.284. The van der Waals surface area contributed by atoms with Crippen molar-refractivity contribution in [3.8, 4) is 5.75 Å². The first-order valence-corrected chi connectivity index (χ1v) is 11.7. The third-order valence-electron chi connectivity index (χ3n) is 5.30. The number of nitrogens with one attached hydrogen (secondary N) is 1. The maximum atomic E-state index is 13.4. The molecule has 0 spiro atoms. The molecule has 4 rings (SSSR count). The first kappa shape index (κ1) is 21.5. The normalized spacial score (nSPS) is 17.0. The van der Waals surface area contributed by atoms with Gasteiger partial charge in [-0.25, -0.2) is 17.5 Å². The second kappa shape index (κ2) is 9.60. The standard InChI is InChI=1S/C24H25FN2O3S/c25-21-10-6-11-23(15-21)31(28,29)26-22-13-14-27(17-22)16-20-9-4-5-12-24(20)30-18-19-7-2-1-3-8-19/h1-12,15,22,26H,13-14,16-18H2. The first-order valence-electron chi connectivity index (χ1n) is 10.2. The summed E-state index contributed by atoms with van der Waals surface area (Å²) in [7, 11) is -3.75. The summed E-state index contributed by atoms with van der Waals surface area (Å²) in [5.74, 6) is 0.262. The highest BCUT2D eigenvalue weighted by molar-refractivity contribution is 7.89. The minimum absolute atomic E-state index is 0.0504. The van der Waals surface area contributed by atoms with Gasteiger partial charge in [0.15, 0.2) is 0 Å². The van der Waals surface area contributed by atoms with Crippen LogP contribution in [0.1, 0.15) is 17.5 Å². The van der Waals surface area contributed by atoms with Gasteiger partial charge >= 0.3 is 0 Å². The average Bonchev–Trinajstić information content (AvgIpc) is 3.20. The Balaban J connectivity index is 1.36. The first-order chi connectivity index (χ1) is 15.0. The van der Waals surface area contributed by atoms with E-state index in [1.165, 1.54) is 18.2 Å². The summed E-state index contributed by atoms with van der Waals surface area (Å²) >= 11 is 0. The van der Waals surface area contributed by atoms with Crippen molar-refractivity contribution in [2.75, 3.05) is 13.1 Å². The summed E-state index contributed by atoms with van der Waals surface area (Å²) < 4.78 is 47.3. The fraction of sp³-hybridized carbons (Fsp3) is 0.250. The van der Waals surface area contributed by atoms with E-state index in [-0.39, 0.29) is 10.9 Å². The van der Waals surface area contributed by atoms with Crippen molar-refractivity contribution >= 4 is 10.0 Å². The van der Waals surface area contributed by atoms with Gasteiger partial charge in [0.1, 0.15) is 18.2 Å². The molecule has 0 radical (unpaired) electrons. The minimum Gasteiger partial charge on any atom is -0.489 e. The Kier molecular flexibility index (Phi) is 6.65. The maximum Gasteiger partial charge on any atom is 0.240 e. The maximum absolute atomic E-state index is 13.4. The number of nitrogens with zero attached hydrogens (tertiary/aromatic N) is 1. The fourth-order valence-corrected chi connectivity index (χ4v) is 5.04. The summed E-state index contributed by atoms with van der Waals surface area (Å²) in [6.07, 6.45) is 0.696. The number of para-hydroxylation sites is 1. The largest absolute Gasteiger partial charge is 0.489 e. The zero-order valence-electron chi connectivity index (χ0n) is 17.1. The van der Waals surface area contributed by atoms with Gasteiger partial charge in [0.05, 0.1) is 4.90 Å². The van der Waals surface area contributed by atoms with Crippen LogP contribution in [0.3, 0.4) is 0 Å². The Hall–Kier alpha value is -2.74. The van der Waals surface area contributed by atoms with Crippen molar-refractivity contribution in [3.63, 3.8) is 0 Å². The second-order valence-electron chi connectivity index (χ2n) is 7.68. The molecule has 1 saturated heterocycles. The molecule has 3 aromatic rings. The highest BCUT2D eigenvalue weighted by Gasteiger charge is 2.28. The van der Waals surface area contributed by atoms with Crippen molar-refractivity contribution in [2.24, 2.45) is 0 Å². The molecule has 0 saturated carbocycles. The molecule has 1 fully saturated rings. The summed E-state index contributed by atoms with van der Waals surface area (Å²) in [6, 6.07) is 22.8. The number of hydrogen-bond donors (Lipinski definition) is 1. The second-order valence-corrected chi connectivity index (χ2v) is 9.40. The lowest BCUT2D eigenvalue weighted by Gasteiger charge is -2.19. The number of likely N-dealkylation sites (tertiary alicyclic amines) is 1. The zero-order chi connectivity index (χ0) is 21.7. The lowest BCUT2D eigenvalue weighted by Crippen LogP contribution is -2.37. The number of hydrogen-bond acceptors (Lipinski definition) is 4. The average molecular weight is 441 g/mol. The zero-order valence-corrected chi connectivity index (χ0v) is 17.9. The van der Waals surface area contributed by atoms with Gasteiger partial charge < -0.3 is 4.74 Å². The van der Waals surface area contributed by atoms with Crippen LogP contribution in [0.2, 0.25) is 0 Å². The third-order valence-corrected chi connectivity index (χ3v) is 6.82. The van der Waals surface area contributed by atoms with E-state index in [1.54, 1.807) is 0 Å². The van der Waals surface area contributed by atoms with Crippen molar-refractivity contribution in [1.29, 1.82) is 0 Å². The predicted molar refractivity (Wildman–Crippen MR) is 118 cm³/mol.